The average molecular weight is 497 g/mol. The van der Waals surface area contributed by atoms with Gasteiger partial charge in [0.25, 0.3) is 0 Å². The molecule has 0 bridgehead atoms. The van der Waals surface area contributed by atoms with Gasteiger partial charge in [-0.3, -0.25) is 4.79 Å². The fourth-order valence-corrected chi connectivity index (χ4v) is 4.71. The Hall–Kier alpha value is -4.02. The van der Waals surface area contributed by atoms with Crippen LogP contribution >= 0.6 is 0 Å². The topological polar surface area (TPSA) is 92.1 Å². The number of hydrogen-bond donors (Lipinski definition) is 1. The van der Waals surface area contributed by atoms with E-state index in [1.165, 1.54) is 25.6 Å². The molecule has 2 aromatic heterocycles. The van der Waals surface area contributed by atoms with Crippen LogP contribution in [0.1, 0.15) is 24.5 Å². The summed E-state index contributed by atoms with van der Waals surface area (Å²) in [6, 6.07) is 5.32. The molecule has 0 saturated carbocycles. The van der Waals surface area contributed by atoms with Crippen molar-refractivity contribution >= 4 is 28.9 Å². The highest BCUT2D eigenvalue weighted by Crippen LogP contribution is 2.36. The van der Waals surface area contributed by atoms with Gasteiger partial charge in [-0.1, -0.05) is 12.1 Å². The minimum absolute atomic E-state index is 0.0110. The van der Waals surface area contributed by atoms with E-state index < -0.39 is 17.0 Å². The molecule has 2 amide bonds. The average Bonchev–Trinajstić information content (AvgIpc) is 3.30. The molecule has 0 spiro atoms. The van der Waals surface area contributed by atoms with Crippen molar-refractivity contribution in [3.8, 4) is 0 Å². The minimum atomic E-state index is -0.686. The largest absolute Gasteiger partial charge is 0.453 e. The summed E-state index contributed by atoms with van der Waals surface area (Å²) in [5.74, 6) is -0.823. The standard InChI is InChI=1S/C25H26F2N6O3/c1-25(23(34)28-11-17-3-4-19(26)10-20(17)27)13-32(14-25)22-21-9-18(12-33(21)30-15-29-22)16-5-7-31(8-6-16)24(35)36-2/h3-5,9-10,12,15H,6-8,11,13-14H2,1-2H3,(H,28,34). The Bertz CT molecular complexity index is 1370. The quantitative estimate of drug-likeness (QED) is 0.584. The lowest BCUT2D eigenvalue weighted by Crippen LogP contribution is -2.62. The highest BCUT2D eigenvalue weighted by atomic mass is 19.1. The summed E-state index contributed by atoms with van der Waals surface area (Å²) in [6.45, 7) is 3.77. The van der Waals surface area contributed by atoms with Gasteiger partial charge in [0.05, 0.1) is 12.5 Å². The Balaban J connectivity index is 1.26. The van der Waals surface area contributed by atoms with Crippen molar-refractivity contribution < 1.29 is 23.1 Å². The molecule has 11 heteroatoms. The maximum atomic E-state index is 13.9. The molecule has 5 rings (SSSR count). The minimum Gasteiger partial charge on any atom is -0.453 e. The lowest BCUT2D eigenvalue weighted by molar-refractivity contribution is -0.131. The van der Waals surface area contributed by atoms with Gasteiger partial charge in [0.1, 0.15) is 23.5 Å². The third-order valence-electron chi connectivity index (χ3n) is 6.78. The van der Waals surface area contributed by atoms with Gasteiger partial charge < -0.3 is 19.9 Å². The predicted octanol–water partition coefficient (Wildman–Crippen LogP) is 3.01. The number of carbonyl (C=O) groups excluding carboxylic acids is 2. The van der Waals surface area contributed by atoms with E-state index in [4.69, 9.17) is 4.74 Å². The zero-order valence-electron chi connectivity index (χ0n) is 20.0. The Morgan fingerprint density at radius 3 is 2.72 bits per heavy atom. The Kier molecular flexibility index (Phi) is 6.07. The maximum Gasteiger partial charge on any atom is 0.409 e. The monoisotopic (exact) mass is 496 g/mol. The maximum absolute atomic E-state index is 13.9. The first-order valence-electron chi connectivity index (χ1n) is 11.6. The summed E-state index contributed by atoms with van der Waals surface area (Å²) >= 11 is 0. The van der Waals surface area contributed by atoms with E-state index in [0.29, 0.717) is 32.6 Å². The van der Waals surface area contributed by atoms with Crippen LogP contribution in [0, 0.1) is 17.0 Å². The number of ether oxygens (including phenoxy) is 1. The molecule has 0 aliphatic carbocycles. The number of carbonyl (C=O) groups is 2. The summed E-state index contributed by atoms with van der Waals surface area (Å²) in [6.07, 6.45) is 5.78. The molecule has 9 nitrogen and oxygen atoms in total. The number of fused-ring (bicyclic) bond motifs is 1. The first kappa shape index (κ1) is 23.7. The molecule has 1 N–H and O–H groups in total. The number of nitrogens with zero attached hydrogens (tertiary/aromatic N) is 5. The van der Waals surface area contributed by atoms with Crippen LogP contribution in [0.3, 0.4) is 0 Å². The van der Waals surface area contributed by atoms with E-state index in [-0.39, 0.29) is 24.1 Å². The van der Waals surface area contributed by atoms with Crippen molar-refractivity contribution in [1.82, 2.24) is 24.8 Å². The van der Waals surface area contributed by atoms with Crippen LogP contribution in [0.5, 0.6) is 0 Å². The van der Waals surface area contributed by atoms with Crippen LogP contribution in [0.2, 0.25) is 0 Å². The second-order valence-corrected chi connectivity index (χ2v) is 9.37. The number of nitrogens with one attached hydrogen (secondary N) is 1. The van der Waals surface area contributed by atoms with Crippen LogP contribution in [-0.4, -0.2) is 64.8 Å². The lowest BCUT2D eigenvalue weighted by atomic mass is 9.81. The number of hydrogen-bond acceptors (Lipinski definition) is 6. The number of halogens is 2. The van der Waals surface area contributed by atoms with Crippen LogP contribution in [0.25, 0.3) is 11.1 Å². The summed E-state index contributed by atoms with van der Waals surface area (Å²) < 4.78 is 33.6. The molecule has 0 atom stereocenters. The molecule has 2 aliphatic heterocycles. The van der Waals surface area contributed by atoms with Crippen LogP contribution in [-0.2, 0) is 16.1 Å². The Morgan fingerprint density at radius 2 is 2.03 bits per heavy atom. The lowest BCUT2D eigenvalue weighted by Gasteiger charge is -2.47. The number of aromatic nitrogens is 3. The fourth-order valence-electron chi connectivity index (χ4n) is 4.71. The molecule has 188 valence electrons. The van der Waals surface area contributed by atoms with Crippen molar-refractivity contribution in [2.24, 2.45) is 5.41 Å². The van der Waals surface area contributed by atoms with E-state index >= 15 is 0 Å². The zero-order valence-corrected chi connectivity index (χ0v) is 20.0. The first-order valence-corrected chi connectivity index (χ1v) is 11.6. The van der Waals surface area contributed by atoms with Crippen LogP contribution in [0.15, 0.2) is 42.9 Å². The molecule has 4 heterocycles. The third kappa shape index (κ3) is 4.36. The van der Waals surface area contributed by atoms with E-state index in [2.05, 4.69) is 15.4 Å². The van der Waals surface area contributed by atoms with Crippen molar-refractivity contribution in [2.45, 2.75) is 19.9 Å². The molecule has 36 heavy (non-hydrogen) atoms. The number of benzene rings is 1. The molecular weight excluding hydrogens is 470 g/mol. The summed E-state index contributed by atoms with van der Waals surface area (Å²) in [7, 11) is 1.37. The summed E-state index contributed by atoms with van der Waals surface area (Å²) in [5.41, 5.74) is 2.50. The second-order valence-electron chi connectivity index (χ2n) is 9.37. The van der Waals surface area contributed by atoms with E-state index in [9.17, 15) is 18.4 Å². The van der Waals surface area contributed by atoms with Gasteiger partial charge in [-0.05, 0) is 36.6 Å². The predicted molar refractivity (Wildman–Crippen MR) is 128 cm³/mol. The zero-order chi connectivity index (χ0) is 25.4. The van der Waals surface area contributed by atoms with Crippen molar-refractivity contribution in [3.05, 3.63) is 65.6 Å². The SMILES string of the molecule is COC(=O)N1CC=C(c2cc3c(N4CC(C)(C(=O)NCc5ccc(F)cc5F)C4)ncnn3c2)CC1. The fraction of sp³-hybridized carbons (Fsp3) is 0.360. The van der Waals surface area contributed by atoms with Gasteiger partial charge >= 0.3 is 6.09 Å². The van der Waals surface area contributed by atoms with E-state index in [1.54, 1.807) is 9.42 Å². The smallest absolute Gasteiger partial charge is 0.409 e. The van der Waals surface area contributed by atoms with Gasteiger partial charge in [-0.25, -0.2) is 23.1 Å². The Labute approximate surface area is 206 Å². The molecule has 3 aromatic rings. The number of rotatable bonds is 5. The van der Waals surface area contributed by atoms with Crippen LogP contribution < -0.4 is 10.2 Å². The highest BCUT2D eigenvalue weighted by molar-refractivity contribution is 5.87. The molecule has 1 aromatic carbocycles. The van der Waals surface area contributed by atoms with Gasteiger partial charge in [0, 0.05) is 50.6 Å². The third-order valence-corrected chi connectivity index (χ3v) is 6.78. The van der Waals surface area contributed by atoms with E-state index in [0.717, 1.165) is 28.5 Å². The van der Waals surface area contributed by atoms with E-state index in [1.807, 2.05) is 30.2 Å². The molecule has 2 aliphatic rings. The number of anilines is 1. The molecule has 0 unspecified atom stereocenters. The number of methoxy groups -OCH3 is 1. The molecular formula is C25H26F2N6O3. The second kappa shape index (κ2) is 9.21. The normalized spacial score (nSPS) is 16.9. The van der Waals surface area contributed by atoms with Gasteiger partial charge in [-0.2, -0.15) is 5.10 Å². The highest BCUT2D eigenvalue weighted by Gasteiger charge is 2.46. The first-order chi connectivity index (χ1) is 17.3. The van der Waals surface area contributed by atoms with Crippen molar-refractivity contribution in [2.75, 3.05) is 38.2 Å². The Morgan fingerprint density at radius 1 is 1.22 bits per heavy atom. The summed E-state index contributed by atoms with van der Waals surface area (Å²) in [5, 5.41) is 7.09. The van der Waals surface area contributed by atoms with Gasteiger partial charge in [0.15, 0.2) is 5.82 Å². The van der Waals surface area contributed by atoms with Crippen molar-refractivity contribution in [3.63, 3.8) is 0 Å². The van der Waals surface area contributed by atoms with Gasteiger partial charge in [0.2, 0.25) is 5.91 Å². The van der Waals surface area contributed by atoms with Gasteiger partial charge in [-0.15, -0.1) is 0 Å². The molecule has 0 radical (unpaired) electrons. The summed E-state index contributed by atoms with van der Waals surface area (Å²) in [4.78, 5) is 32.7. The van der Waals surface area contributed by atoms with Crippen LogP contribution in [0.4, 0.5) is 19.4 Å². The molecule has 1 fully saturated rings. The molecule has 1 saturated heterocycles. The number of amides is 2. The van der Waals surface area contributed by atoms with Crippen molar-refractivity contribution in [1.29, 1.82) is 0 Å².